The number of hydrogen-bond donors (Lipinski definition) is 2. The van der Waals surface area contributed by atoms with Crippen molar-refractivity contribution < 1.29 is 4.79 Å². The van der Waals surface area contributed by atoms with Crippen molar-refractivity contribution in [3.63, 3.8) is 0 Å². The van der Waals surface area contributed by atoms with Gasteiger partial charge in [0.05, 0.1) is 0 Å². The van der Waals surface area contributed by atoms with Crippen LogP contribution in [0.25, 0.3) is 0 Å². The predicted octanol–water partition coefficient (Wildman–Crippen LogP) is 0.623. The summed E-state index contributed by atoms with van der Waals surface area (Å²) in [6.45, 7) is 1.95. The molecular formula is C11H14N4O. The highest BCUT2D eigenvalue weighted by atomic mass is 16.1. The van der Waals surface area contributed by atoms with Crippen LogP contribution in [0.5, 0.6) is 0 Å². The summed E-state index contributed by atoms with van der Waals surface area (Å²) in [4.78, 5) is 11.6. The monoisotopic (exact) mass is 218 g/mol. The standard InChI is InChI=1S/C11H14N4O/c12-8-14-11(16)10-2-1-7-15(10)9-3-5-13-6-4-9/h1-2,7,9,13H,3-6H2,(H,14,16). The second-order valence-electron chi connectivity index (χ2n) is 3.85. The maximum atomic E-state index is 11.6. The molecule has 1 aliphatic rings. The molecule has 1 fully saturated rings. The number of rotatable bonds is 2. The van der Waals surface area contributed by atoms with Crippen molar-refractivity contribution >= 4 is 5.91 Å². The molecule has 5 nitrogen and oxygen atoms in total. The molecule has 2 heterocycles. The molecule has 0 spiro atoms. The van der Waals surface area contributed by atoms with Gasteiger partial charge in [-0.25, -0.2) is 0 Å². The summed E-state index contributed by atoms with van der Waals surface area (Å²) in [5, 5.41) is 13.9. The SMILES string of the molecule is N#CNC(=O)c1cccn1C1CCNCC1. The molecule has 2 N–H and O–H groups in total. The Kier molecular flexibility index (Phi) is 3.22. The largest absolute Gasteiger partial charge is 0.340 e. The molecule has 0 radical (unpaired) electrons. The van der Waals surface area contributed by atoms with Gasteiger partial charge >= 0.3 is 0 Å². The van der Waals surface area contributed by atoms with Crippen molar-refractivity contribution in [3.8, 4) is 6.19 Å². The van der Waals surface area contributed by atoms with E-state index in [4.69, 9.17) is 5.26 Å². The summed E-state index contributed by atoms with van der Waals surface area (Å²) >= 11 is 0. The quantitative estimate of drug-likeness (QED) is 0.565. The maximum Gasteiger partial charge on any atom is 0.280 e. The number of nitriles is 1. The molecule has 84 valence electrons. The van der Waals surface area contributed by atoms with Gasteiger partial charge in [-0.15, -0.1) is 0 Å². The number of amides is 1. The van der Waals surface area contributed by atoms with Crippen molar-refractivity contribution in [2.24, 2.45) is 0 Å². The second kappa shape index (κ2) is 4.81. The van der Waals surface area contributed by atoms with Crippen LogP contribution < -0.4 is 10.6 Å². The van der Waals surface area contributed by atoms with Gasteiger partial charge in [0.25, 0.3) is 5.91 Å². The molecule has 1 saturated heterocycles. The number of nitrogens with zero attached hydrogens (tertiary/aromatic N) is 2. The van der Waals surface area contributed by atoms with E-state index in [9.17, 15) is 4.79 Å². The van der Waals surface area contributed by atoms with Crippen LogP contribution in [-0.2, 0) is 0 Å². The van der Waals surface area contributed by atoms with Gasteiger partial charge in [0.2, 0.25) is 0 Å². The summed E-state index contributed by atoms with van der Waals surface area (Å²) in [6, 6.07) is 3.94. The number of hydrogen-bond acceptors (Lipinski definition) is 3. The fourth-order valence-corrected chi connectivity index (χ4v) is 2.10. The molecule has 1 amide bonds. The van der Waals surface area contributed by atoms with Crippen molar-refractivity contribution in [2.75, 3.05) is 13.1 Å². The molecule has 1 aromatic heterocycles. The molecule has 0 aromatic carbocycles. The normalized spacial score (nSPS) is 16.7. The van der Waals surface area contributed by atoms with E-state index in [0.717, 1.165) is 25.9 Å². The molecule has 0 unspecified atom stereocenters. The lowest BCUT2D eigenvalue weighted by Gasteiger charge is -2.25. The minimum Gasteiger partial charge on any atom is -0.340 e. The molecule has 0 atom stereocenters. The molecule has 16 heavy (non-hydrogen) atoms. The minimum absolute atomic E-state index is 0.328. The summed E-state index contributed by atoms with van der Waals surface area (Å²) in [7, 11) is 0. The molecule has 2 rings (SSSR count). The van der Waals surface area contributed by atoms with Gasteiger partial charge in [-0.1, -0.05) is 0 Å². The van der Waals surface area contributed by atoms with E-state index in [1.54, 1.807) is 12.3 Å². The molecule has 0 aliphatic carbocycles. The maximum absolute atomic E-state index is 11.6. The number of carbonyl (C=O) groups is 1. The first kappa shape index (κ1) is 10.7. The molecule has 0 bridgehead atoms. The van der Waals surface area contributed by atoms with Gasteiger partial charge in [0.15, 0.2) is 6.19 Å². The third-order valence-corrected chi connectivity index (χ3v) is 2.88. The Morgan fingerprint density at radius 2 is 2.31 bits per heavy atom. The van der Waals surface area contributed by atoms with Crippen LogP contribution in [0.4, 0.5) is 0 Å². The van der Waals surface area contributed by atoms with Crippen LogP contribution >= 0.6 is 0 Å². The van der Waals surface area contributed by atoms with Crippen LogP contribution in [0.2, 0.25) is 0 Å². The van der Waals surface area contributed by atoms with Crippen molar-refractivity contribution in [3.05, 3.63) is 24.0 Å². The first-order valence-electron chi connectivity index (χ1n) is 5.40. The Hall–Kier alpha value is -1.80. The van der Waals surface area contributed by atoms with Gasteiger partial charge in [-0.3, -0.25) is 10.1 Å². The predicted molar refractivity (Wildman–Crippen MR) is 58.7 cm³/mol. The first-order valence-corrected chi connectivity index (χ1v) is 5.40. The summed E-state index contributed by atoms with van der Waals surface area (Å²) in [5.74, 6) is -0.328. The number of aromatic nitrogens is 1. The average Bonchev–Trinajstić information content (AvgIpc) is 2.79. The van der Waals surface area contributed by atoms with Gasteiger partial charge in [0, 0.05) is 12.2 Å². The average molecular weight is 218 g/mol. The van der Waals surface area contributed by atoms with E-state index in [-0.39, 0.29) is 5.91 Å². The summed E-state index contributed by atoms with van der Waals surface area (Å²) in [6.07, 6.45) is 5.60. The van der Waals surface area contributed by atoms with Crippen molar-refractivity contribution in [1.29, 1.82) is 5.26 Å². The summed E-state index contributed by atoms with van der Waals surface area (Å²) < 4.78 is 1.97. The van der Waals surface area contributed by atoms with Gasteiger partial charge in [-0.2, -0.15) is 5.26 Å². The Labute approximate surface area is 94.1 Å². The lowest BCUT2D eigenvalue weighted by Crippen LogP contribution is -2.31. The number of piperidine rings is 1. The molecule has 5 heteroatoms. The summed E-state index contributed by atoms with van der Waals surface area (Å²) in [5.41, 5.74) is 0.563. The fraction of sp³-hybridized carbons (Fsp3) is 0.455. The lowest BCUT2D eigenvalue weighted by atomic mass is 10.1. The smallest absolute Gasteiger partial charge is 0.280 e. The number of carbonyl (C=O) groups excluding carboxylic acids is 1. The van der Waals surface area contributed by atoms with E-state index in [1.165, 1.54) is 0 Å². The Bertz CT molecular complexity index is 412. The Morgan fingerprint density at radius 3 is 3.00 bits per heavy atom. The van der Waals surface area contributed by atoms with E-state index in [2.05, 4.69) is 10.6 Å². The van der Waals surface area contributed by atoms with Crippen LogP contribution in [0.1, 0.15) is 29.4 Å². The zero-order valence-electron chi connectivity index (χ0n) is 8.94. The molecule has 1 aliphatic heterocycles. The zero-order valence-corrected chi connectivity index (χ0v) is 8.94. The third-order valence-electron chi connectivity index (χ3n) is 2.88. The van der Waals surface area contributed by atoms with Crippen LogP contribution in [0.15, 0.2) is 18.3 Å². The van der Waals surface area contributed by atoms with Crippen molar-refractivity contribution in [2.45, 2.75) is 18.9 Å². The van der Waals surface area contributed by atoms with Gasteiger partial charge < -0.3 is 9.88 Å². The van der Waals surface area contributed by atoms with Gasteiger partial charge in [-0.05, 0) is 38.1 Å². The van der Waals surface area contributed by atoms with E-state index >= 15 is 0 Å². The molecule has 0 saturated carbocycles. The van der Waals surface area contributed by atoms with Crippen molar-refractivity contribution in [1.82, 2.24) is 15.2 Å². The third kappa shape index (κ3) is 2.07. The van der Waals surface area contributed by atoms with Gasteiger partial charge in [0.1, 0.15) is 5.69 Å². The highest BCUT2D eigenvalue weighted by Crippen LogP contribution is 2.21. The van der Waals surface area contributed by atoms with Crippen LogP contribution in [0, 0.1) is 11.5 Å². The topological polar surface area (TPSA) is 69.8 Å². The molecule has 1 aromatic rings. The fourth-order valence-electron chi connectivity index (χ4n) is 2.10. The Balaban J connectivity index is 2.18. The molecular weight excluding hydrogens is 204 g/mol. The highest BCUT2D eigenvalue weighted by molar-refractivity contribution is 5.93. The minimum atomic E-state index is -0.328. The van der Waals surface area contributed by atoms with Crippen LogP contribution in [0.3, 0.4) is 0 Å². The first-order chi connectivity index (χ1) is 7.83. The lowest BCUT2D eigenvalue weighted by molar-refractivity contribution is 0.0960. The van der Waals surface area contributed by atoms with E-state index in [1.807, 2.05) is 16.8 Å². The zero-order chi connectivity index (χ0) is 11.4. The Morgan fingerprint density at radius 1 is 1.56 bits per heavy atom. The van der Waals surface area contributed by atoms with Crippen LogP contribution in [-0.4, -0.2) is 23.6 Å². The van der Waals surface area contributed by atoms with E-state index in [0.29, 0.717) is 11.7 Å². The highest BCUT2D eigenvalue weighted by Gasteiger charge is 2.19. The number of nitrogens with one attached hydrogen (secondary N) is 2. The van der Waals surface area contributed by atoms with E-state index < -0.39 is 0 Å². The second-order valence-corrected chi connectivity index (χ2v) is 3.85.